The number of carbonyl (C=O) groups is 3. The lowest BCUT2D eigenvalue weighted by Gasteiger charge is -2.37. The second-order valence-corrected chi connectivity index (χ2v) is 9.80. The molecule has 0 radical (unpaired) electrons. The number of amides is 3. The van der Waals surface area contributed by atoms with Gasteiger partial charge in [-0.2, -0.15) is 0 Å². The van der Waals surface area contributed by atoms with Crippen LogP contribution in [0.25, 0.3) is 11.1 Å². The highest BCUT2D eigenvalue weighted by molar-refractivity contribution is 5.98. The maximum Gasteiger partial charge on any atom is 0.251 e. The third kappa shape index (κ3) is 6.02. The number of nitrogens with zero attached hydrogens (tertiary/aromatic N) is 4. The second kappa shape index (κ2) is 11.9. The monoisotopic (exact) mass is 511 g/mol. The molecule has 0 bridgehead atoms. The van der Waals surface area contributed by atoms with Crippen LogP contribution in [0.15, 0.2) is 79.1 Å². The third-order valence-corrected chi connectivity index (χ3v) is 7.33. The Morgan fingerprint density at radius 2 is 1.50 bits per heavy atom. The zero-order chi connectivity index (χ0) is 26.3. The van der Waals surface area contributed by atoms with Crippen LogP contribution in [-0.2, 0) is 9.59 Å². The molecule has 8 heteroatoms. The summed E-state index contributed by atoms with van der Waals surface area (Å²) in [7, 11) is 0. The van der Waals surface area contributed by atoms with Crippen LogP contribution in [0, 0.1) is 0 Å². The molecule has 2 aromatic carbocycles. The molecule has 3 aromatic rings. The summed E-state index contributed by atoms with van der Waals surface area (Å²) in [6.45, 7) is 3.29. The van der Waals surface area contributed by atoms with Crippen LogP contribution in [-0.4, -0.2) is 77.8 Å². The number of hydrogen-bond donors (Lipinski definition) is 1. The van der Waals surface area contributed by atoms with E-state index >= 15 is 0 Å². The topological polar surface area (TPSA) is 85.8 Å². The molecule has 1 N–H and O–H groups in total. The van der Waals surface area contributed by atoms with Crippen molar-refractivity contribution in [2.45, 2.75) is 25.3 Å². The first-order valence-electron chi connectivity index (χ1n) is 13.3. The van der Waals surface area contributed by atoms with E-state index in [0.717, 1.165) is 42.7 Å². The number of piperazine rings is 1. The van der Waals surface area contributed by atoms with Crippen LogP contribution in [0.3, 0.4) is 0 Å². The Kier molecular flexibility index (Phi) is 7.97. The summed E-state index contributed by atoms with van der Waals surface area (Å²) in [5.74, 6) is -0.500. The van der Waals surface area contributed by atoms with E-state index in [2.05, 4.69) is 15.2 Å². The molecular formula is C30H33N5O3. The van der Waals surface area contributed by atoms with Crippen molar-refractivity contribution in [3.8, 4) is 11.1 Å². The van der Waals surface area contributed by atoms with Crippen LogP contribution >= 0.6 is 0 Å². The zero-order valence-corrected chi connectivity index (χ0v) is 21.5. The normalized spacial score (nSPS) is 18.2. The first-order valence-corrected chi connectivity index (χ1v) is 13.3. The molecule has 0 spiro atoms. The second-order valence-electron chi connectivity index (χ2n) is 9.80. The fourth-order valence-electron chi connectivity index (χ4n) is 5.11. The van der Waals surface area contributed by atoms with Gasteiger partial charge in [0, 0.05) is 56.4 Å². The van der Waals surface area contributed by atoms with Crippen LogP contribution in [0.4, 0.5) is 5.69 Å². The minimum atomic E-state index is -0.630. The highest BCUT2D eigenvalue weighted by Gasteiger charge is 2.31. The summed E-state index contributed by atoms with van der Waals surface area (Å²) in [6.07, 6.45) is 5.74. The van der Waals surface area contributed by atoms with E-state index in [4.69, 9.17) is 0 Å². The van der Waals surface area contributed by atoms with Crippen LogP contribution in [0.2, 0.25) is 0 Å². The number of anilines is 1. The van der Waals surface area contributed by atoms with Gasteiger partial charge in [-0.05, 0) is 54.7 Å². The van der Waals surface area contributed by atoms with E-state index in [0.29, 0.717) is 31.6 Å². The van der Waals surface area contributed by atoms with Crippen LogP contribution in [0.1, 0.15) is 29.6 Å². The van der Waals surface area contributed by atoms with Crippen molar-refractivity contribution >= 4 is 23.4 Å². The van der Waals surface area contributed by atoms with E-state index in [-0.39, 0.29) is 24.3 Å². The molecule has 3 heterocycles. The predicted octanol–water partition coefficient (Wildman–Crippen LogP) is 3.21. The molecule has 5 rings (SSSR count). The number of hydrogen-bond acceptors (Lipinski definition) is 5. The summed E-state index contributed by atoms with van der Waals surface area (Å²) in [5.41, 5.74) is 3.72. The van der Waals surface area contributed by atoms with E-state index in [1.54, 1.807) is 29.4 Å². The molecule has 0 saturated carbocycles. The number of nitrogens with one attached hydrogen (secondary N) is 1. The van der Waals surface area contributed by atoms with Gasteiger partial charge in [-0.15, -0.1) is 0 Å². The molecule has 38 heavy (non-hydrogen) atoms. The van der Waals surface area contributed by atoms with Gasteiger partial charge in [0.2, 0.25) is 11.8 Å². The first kappa shape index (κ1) is 25.4. The fraction of sp³-hybridized carbons (Fsp3) is 0.333. The SMILES string of the molecule is O=C(NC1CCCCN(CC(=O)N2CCN(c3ccncc3)CC2)C1=O)c1ccc(-c2ccccc2)cc1. The minimum absolute atomic E-state index is 0.0452. The largest absolute Gasteiger partial charge is 0.368 e. The molecule has 8 nitrogen and oxygen atoms in total. The zero-order valence-electron chi connectivity index (χ0n) is 21.5. The Morgan fingerprint density at radius 3 is 2.21 bits per heavy atom. The van der Waals surface area contributed by atoms with Gasteiger partial charge < -0.3 is 20.0 Å². The van der Waals surface area contributed by atoms with Crippen LogP contribution < -0.4 is 10.2 Å². The number of aromatic nitrogens is 1. The molecule has 1 aromatic heterocycles. The molecule has 2 aliphatic rings. The number of carbonyl (C=O) groups excluding carboxylic acids is 3. The maximum atomic E-state index is 13.3. The third-order valence-electron chi connectivity index (χ3n) is 7.33. The Balaban J connectivity index is 1.16. The minimum Gasteiger partial charge on any atom is -0.368 e. The van der Waals surface area contributed by atoms with E-state index in [9.17, 15) is 14.4 Å². The van der Waals surface area contributed by atoms with Gasteiger partial charge in [-0.25, -0.2) is 0 Å². The number of benzene rings is 2. The lowest BCUT2D eigenvalue weighted by molar-refractivity contribution is -0.141. The van der Waals surface area contributed by atoms with Gasteiger partial charge in [0.1, 0.15) is 6.04 Å². The van der Waals surface area contributed by atoms with E-state index in [1.807, 2.05) is 59.5 Å². The van der Waals surface area contributed by atoms with Gasteiger partial charge in [-0.1, -0.05) is 42.5 Å². The van der Waals surface area contributed by atoms with Gasteiger partial charge in [0.05, 0.1) is 6.54 Å². The maximum absolute atomic E-state index is 13.3. The Bertz CT molecular complexity index is 1240. The van der Waals surface area contributed by atoms with E-state index < -0.39 is 6.04 Å². The van der Waals surface area contributed by atoms with Crippen molar-refractivity contribution in [1.29, 1.82) is 0 Å². The fourth-order valence-corrected chi connectivity index (χ4v) is 5.11. The average Bonchev–Trinajstić information content (AvgIpc) is 3.14. The number of rotatable bonds is 6. The molecule has 1 atom stereocenters. The van der Waals surface area contributed by atoms with Crippen molar-refractivity contribution in [2.75, 3.05) is 44.2 Å². The summed E-state index contributed by atoms with van der Waals surface area (Å²) >= 11 is 0. The molecular weight excluding hydrogens is 478 g/mol. The molecule has 0 aliphatic carbocycles. The highest BCUT2D eigenvalue weighted by Crippen LogP contribution is 2.20. The molecule has 196 valence electrons. The predicted molar refractivity (Wildman–Crippen MR) is 147 cm³/mol. The van der Waals surface area contributed by atoms with Crippen LogP contribution in [0.5, 0.6) is 0 Å². The molecule has 2 saturated heterocycles. The first-order chi connectivity index (χ1) is 18.6. The van der Waals surface area contributed by atoms with Crippen molar-refractivity contribution in [2.24, 2.45) is 0 Å². The summed E-state index contributed by atoms with van der Waals surface area (Å²) in [6, 6.07) is 20.7. The van der Waals surface area contributed by atoms with Crippen molar-refractivity contribution in [3.63, 3.8) is 0 Å². The van der Waals surface area contributed by atoms with Crippen molar-refractivity contribution in [1.82, 2.24) is 20.1 Å². The van der Waals surface area contributed by atoms with Gasteiger partial charge in [0.25, 0.3) is 5.91 Å². The molecule has 1 unspecified atom stereocenters. The lowest BCUT2D eigenvalue weighted by atomic mass is 10.0. The Hall–Kier alpha value is -4.20. The number of pyridine rings is 1. The molecule has 3 amide bonds. The average molecular weight is 512 g/mol. The summed E-state index contributed by atoms with van der Waals surface area (Å²) in [5, 5.41) is 2.92. The number of likely N-dealkylation sites (tertiary alicyclic amines) is 1. The van der Waals surface area contributed by atoms with Gasteiger partial charge >= 0.3 is 0 Å². The van der Waals surface area contributed by atoms with Gasteiger partial charge in [0.15, 0.2) is 0 Å². The Labute approximate surface area is 223 Å². The summed E-state index contributed by atoms with van der Waals surface area (Å²) in [4.78, 5) is 49.1. The van der Waals surface area contributed by atoms with Crippen molar-refractivity contribution in [3.05, 3.63) is 84.7 Å². The standard InChI is InChI=1S/C30H33N5O3/c36-28(34-20-18-33(19-21-34)26-13-15-31-16-14-26)22-35-17-5-4-8-27(30(35)38)32-29(37)25-11-9-24(10-12-25)23-6-2-1-3-7-23/h1-3,6-7,9-16,27H,4-5,8,17-22H2,(H,32,37). The molecule has 2 aliphatic heterocycles. The smallest absolute Gasteiger partial charge is 0.251 e. The summed E-state index contributed by atoms with van der Waals surface area (Å²) < 4.78 is 0. The Morgan fingerprint density at radius 1 is 0.816 bits per heavy atom. The highest BCUT2D eigenvalue weighted by atomic mass is 16.2. The van der Waals surface area contributed by atoms with E-state index in [1.165, 1.54) is 0 Å². The quantitative estimate of drug-likeness (QED) is 0.549. The van der Waals surface area contributed by atoms with Gasteiger partial charge in [-0.3, -0.25) is 19.4 Å². The lowest BCUT2D eigenvalue weighted by Crippen LogP contribution is -2.54. The van der Waals surface area contributed by atoms with Crippen molar-refractivity contribution < 1.29 is 14.4 Å². The molecule has 2 fully saturated rings.